The van der Waals surface area contributed by atoms with Crippen LogP contribution in [0.15, 0.2) is 35.5 Å². The van der Waals surface area contributed by atoms with Crippen molar-refractivity contribution in [2.24, 2.45) is 0 Å². The maximum Gasteiger partial charge on any atom is 0.207 e. The molecule has 1 aromatic carbocycles. The molecule has 0 radical (unpaired) electrons. The van der Waals surface area contributed by atoms with E-state index in [0.717, 1.165) is 5.75 Å². The summed E-state index contributed by atoms with van der Waals surface area (Å²) in [4.78, 5) is 8.47. The minimum atomic E-state index is 0.348. The van der Waals surface area contributed by atoms with E-state index in [1.165, 1.54) is 17.3 Å². The highest BCUT2D eigenvalue weighted by atomic mass is 35.5. The highest BCUT2D eigenvalue weighted by Gasteiger charge is 2.09. The summed E-state index contributed by atoms with van der Waals surface area (Å²) in [5, 5.41) is 11.1. The Morgan fingerprint density at radius 1 is 1.17 bits per heavy atom. The van der Waals surface area contributed by atoms with Gasteiger partial charge in [0.05, 0.1) is 0 Å². The standard InChI is InChI=1S/C11H8ClN5S/c12-9-8-10(16-17-15-8)14-11(13-9)18-6-7-4-2-1-3-5-7/h1-5H,6H2,(H,13,14,15,16,17). The minimum absolute atomic E-state index is 0.348. The predicted molar refractivity (Wildman–Crippen MR) is 70.5 cm³/mol. The van der Waals surface area contributed by atoms with E-state index in [-0.39, 0.29) is 0 Å². The second-order valence-corrected chi connectivity index (χ2v) is 4.88. The molecule has 0 spiro atoms. The topological polar surface area (TPSA) is 67.3 Å². The van der Waals surface area contributed by atoms with Gasteiger partial charge in [0.25, 0.3) is 0 Å². The maximum absolute atomic E-state index is 6.01. The van der Waals surface area contributed by atoms with Crippen molar-refractivity contribution >= 4 is 34.5 Å². The molecule has 0 bridgehead atoms. The van der Waals surface area contributed by atoms with Gasteiger partial charge in [0.2, 0.25) is 5.65 Å². The number of nitrogens with one attached hydrogen (secondary N) is 1. The Hall–Kier alpha value is -1.66. The number of fused-ring (bicyclic) bond motifs is 1. The number of rotatable bonds is 3. The van der Waals surface area contributed by atoms with E-state index in [1.54, 1.807) is 0 Å². The predicted octanol–water partition coefficient (Wildman–Crippen LogP) is 2.69. The summed E-state index contributed by atoms with van der Waals surface area (Å²) in [5.41, 5.74) is 2.27. The lowest BCUT2D eigenvalue weighted by Gasteiger charge is -2.00. The van der Waals surface area contributed by atoms with Crippen molar-refractivity contribution in [1.29, 1.82) is 0 Å². The molecule has 0 aliphatic rings. The van der Waals surface area contributed by atoms with Gasteiger partial charge in [0.15, 0.2) is 10.3 Å². The molecule has 5 nitrogen and oxygen atoms in total. The summed E-state index contributed by atoms with van der Waals surface area (Å²) in [6.07, 6.45) is 0. The van der Waals surface area contributed by atoms with Gasteiger partial charge in [-0.25, -0.2) is 4.98 Å². The third-order valence-corrected chi connectivity index (χ3v) is 3.53. The Morgan fingerprint density at radius 2 is 2.00 bits per heavy atom. The molecule has 2 heterocycles. The number of benzene rings is 1. The first kappa shape index (κ1) is 11.4. The fourth-order valence-electron chi connectivity index (χ4n) is 1.48. The van der Waals surface area contributed by atoms with E-state index in [2.05, 4.69) is 37.5 Å². The summed E-state index contributed by atoms with van der Waals surface area (Å²) in [5.74, 6) is 0.792. The zero-order valence-corrected chi connectivity index (χ0v) is 10.7. The number of thioether (sulfide) groups is 1. The summed E-state index contributed by atoms with van der Waals surface area (Å²) in [7, 11) is 0. The average molecular weight is 278 g/mol. The Kier molecular flexibility index (Phi) is 3.12. The monoisotopic (exact) mass is 277 g/mol. The summed E-state index contributed by atoms with van der Waals surface area (Å²) in [6, 6.07) is 10.1. The first-order valence-electron chi connectivity index (χ1n) is 5.24. The van der Waals surface area contributed by atoms with Crippen LogP contribution in [0.5, 0.6) is 0 Å². The molecule has 90 valence electrons. The molecular formula is C11H8ClN5S. The minimum Gasteiger partial charge on any atom is -0.253 e. The first-order valence-corrected chi connectivity index (χ1v) is 6.60. The van der Waals surface area contributed by atoms with Gasteiger partial charge >= 0.3 is 0 Å². The van der Waals surface area contributed by atoms with Crippen LogP contribution in [-0.4, -0.2) is 25.4 Å². The van der Waals surface area contributed by atoms with Crippen molar-refractivity contribution in [3.63, 3.8) is 0 Å². The summed E-state index contributed by atoms with van der Waals surface area (Å²) < 4.78 is 0. The highest BCUT2D eigenvalue weighted by Crippen LogP contribution is 2.23. The molecule has 1 N–H and O–H groups in total. The van der Waals surface area contributed by atoms with Crippen molar-refractivity contribution < 1.29 is 0 Å². The quantitative estimate of drug-likeness (QED) is 0.453. The van der Waals surface area contributed by atoms with E-state index in [4.69, 9.17) is 11.6 Å². The highest BCUT2D eigenvalue weighted by molar-refractivity contribution is 7.98. The Bertz CT molecular complexity index is 670. The van der Waals surface area contributed by atoms with Crippen LogP contribution in [-0.2, 0) is 5.75 Å². The number of nitrogens with zero attached hydrogens (tertiary/aromatic N) is 4. The Labute approximate surface area is 112 Å². The molecular weight excluding hydrogens is 270 g/mol. The van der Waals surface area contributed by atoms with Crippen molar-refractivity contribution in [2.75, 3.05) is 0 Å². The zero-order valence-electron chi connectivity index (χ0n) is 9.17. The van der Waals surface area contributed by atoms with E-state index in [0.29, 0.717) is 21.5 Å². The lowest BCUT2D eigenvalue weighted by molar-refractivity contribution is 0.946. The fraction of sp³-hybridized carbons (Fsp3) is 0.0909. The second-order valence-electron chi connectivity index (χ2n) is 3.58. The van der Waals surface area contributed by atoms with Gasteiger partial charge < -0.3 is 0 Å². The van der Waals surface area contributed by atoms with Crippen LogP contribution in [0.2, 0.25) is 5.15 Å². The molecule has 3 aromatic rings. The molecule has 3 rings (SSSR count). The van der Waals surface area contributed by atoms with Gasteiger partial charge in [0, 0.05) is 5.75 Å². The molecule has 0 saturated heterocycles. The molecule has 0 aliphatic heterocycles. The molecule has 7 heteroatoms. The van der Waals surface area contributed by atoms with Crippen molar-refractivity contribution in [2.45, 2.75) is 10.9 Å². The van der Waals surface area contributed by atoms with Crippen LogP contribution in [0.4, 0.5) is 0 Å². The van der Waals surface area contributed by atoms with Crippen molar-refractivity contribution in [1.82, 2.24) is 25.4 Å². The lowest BCUT2D eigenvalue weighted by atomic mass is 10.2. The Balaban J connectivity index is 1.82. The fourth-order valence-corrected chi connectivity index (χ4v) is 2.53. The zero-order chi connectivity index (χ0) is 12.4. The molecule has 18 heavy (non-hydrogen) atoms. The second kappa shape index (κ2) is 4.91. The largest absolute Gasteiger partial charge is 0.253 e. The third kappa shape index (κ3) is 2.30. The molecule has 0 fully saturated rings. The van der Waals surface area contributed by atoms with E-state index in [9.17, 15) is 0 Å². The lowest BCUT2D eigenvalue weighted by Crippen LogP contribution is -1.90. The van der Waals surface area contributed by atoms with E-state index in [1.807, 2.05) is 18.2 Å². The average Bonchev–Trinajstić information content (AvgIpc) is 2.86. The normalized spacial score (nSPS) is 10.9. The molecule has 0 atom stereocenters. The molecule has 0 unspecified atom stereocenters. The molecule has 2 aromatic heterocycles. The smallest absolute Gasteiger partial charge is 0.207 e. The number of hydrogen-bond acceptors (Lipinski definition) is 5. The van der Waals surface area contributed by atoms with Crippen LogP contribution in [0.25, 0.3) is 11.2 Å². The van der Waals surface area contributed by atoms with Crippen molar-refractivity contribution in [3.05, 3.63) is 41.0 Å². The van der Waals surface area contributed by atoms with Crippen LogP contribution >= 0.6 is 23.4 Å². The van der Waals surface area contributed by atoms with E-state index >= 15 is 0 Å². The summed E-state index contributed by atoms with van der Waals surface area (Å²) >= 11 is 7.53. The van der Waals surface area contributed by atoms with Crippen molar-refractivity contribution in [3.8, 4) is 0 Å². The molecule has 0 saturated carbocycles. The maximum atomic E-state index is 6.01. The van der Waals surface area contributed by atoms with Crippen LogP contribution in [0.3, 0.4) is 0 Å². The van der Waals surface area contributed by atoms with Crippen LogP contribution < -0.4 is 0 Å². The number of halogens is 1. The van der Waals surface area contributed by atoms with Gasteiger partial charge in [0.1, 0.15) is 5.52 Å². The number of aromatic nitrogens is 5. The van der Waals surface area contributed by atoms with E-state index < -0.39 is 0 Å². The number of hydrogen-bond donors (Lipinski definition) is 1. The summed E-state index contributed by atoms with van der Waals surface area (Å²) in [6.45, 7) is 0. The van der Waals surface area contributed by atoms with Gasteiger partial charge in [-0.1, -0.05) is 58.9 Å². The number of H-pyrrole nitrogens is 1. The molecule has 0 aliphatic carbocycles. The van der Waals surface area contributed by atoms with Gasteiger partial charge in [-0.2, -0.15) is 4.98 Å². The Morgan fingerprint density at radius 3 is 2.83 bits per heavy atom. The van der Waals surface area contributed by atoms with Crippen LogP contribution in [0, 0.1) is 0 Å². The van der Waals surface area contributed by atoms with Gasteiger partial charge in [-0.05, 0) is 5.56 Å². The first-order chi connectivity index (χ1) is 8.83. The van der Waals surface area contributed by atoms with Gasteiger partial charge in [-0.15, -0.1) is 5.10 Å². The number of aromatic amines is 1. The van der Waals surface area contributed by atoms with Crippen LogP contribution in [0.1, 0.15) is 5.56 Å². The SMILES string of the molecule is Clc1nc(SCc2ccccc2)nc2nn[nH]c12. The van der Waals surface area contributed by atoms with Gasteiger partial charge in [-0.3, -0.25) is 5.10 Å². The molecule has 0 amide bonds. The third-order valence-electron chi connectivity index (χ3n) is 2.34.